The van der Waals surface area contributed by atoms with Crippen LogP contribution in [0.25, 0.3) is 5.65 Å². The van der Waals surface area contributed by atoms with E-state index in [1.807, 2.05) is 22.7 Å². The summed E-state index contributed by atoms with van der Waals surface area (Å²) in [5, 5.41) is 16.3. The molecule has 0 aromatic carbocycles. The summed E-state index contributed by atoms with van der Waals surface area (Å²) in [6.45, 7) is 0. The number of carboxylic acid groups (broad SMARTS) is 1. The number of amides is 1. The first-order valence-corrected chi connectivity index (χ1v) is 12.9. The molecule has 3 N–H and O–H groups in total. The van der Waals surface area contributed by atoms with Gasteiger partial charge in [0.25, 0.3) is 5.91 Å². The highest BCUT2D eigenvalue weighted by Crippen LogP contribution is 2.44. The van der Waals surface area contributed by atoms with Crippen molar-refractivity contribution in [3.8, 4) is 0 Å². The average Bonchev–Trinajstić information content (AvgIpc) is 3.61. The molecule has 1 amide bonds. The summed E-state index contributed by atoms with van der Waals surface area (Å²) >= 11 is 0. The second kappa shape index (κ2) is 9.74. The largest absolute Gasteiger partial charge is 0.481 e. The van der Waals surface area contributed by atoms with Gasteiger partial charge >= 0.3 is 5.97 Å². The van der Waals surface area contributed by atoms with Gasteiger partial charge in [-0.05, 0) is 56.6 Å². The van der Waals surface area contributed by atoms with Gasteiger partial charge in [-0.25, -0.2) is 4.98 Å². The summed E-state index contributed by atoms with van der Waals surface area (Å²) in [7, 11) is 0. The molecule has 0 spiro atoms. The molecule has 0 bridgehead atoms. The summed E-state index contributed by atoms with van der Waals surface area (Å²) in [6, 6.07) is 3.84. The van der Waals surface area contributed by atoms with Gasteiger partial charge in [-0.2, -0.15) is 0 Å². The van der Waals surface area contributed by atoms with Crippen LogP contribution >= 0.6 is 0 Å². The quantitative estimate of drug-likeness (QED) is 0.517. The number of imidazole rings is 1. The summed E-state index contributed by atoms with van der Waals surface area (Å²) in [6.07, 6.45) is 15.8. The molecule has 3 aliphatic carbocycles. The number of hydrogen-bond donors (Lipinski definition) is 3. The zero-order valence-corrected chi connectivity index (χ0v) is 19.4. The van der Waals surface area contributed by atoms with Crippen LogP contribution in [0.15, 0.2) is 18.3 Å². The summed E-state index contributed by atoms with van der Waals surface area (Å²) < 4.78 is 2.05. The van der Waals surface area contributed by atoms with E-state index in [1.165, 1.54) is 38.5 Å². The molecule has 2 aromatic rings. The fourth-order valence-corrected chi connectivity index (χ4v) is 5.79. The number of nitrogens with one attached hydrogen (secondary N) is 2. The lowest BCUT2D eigenvalue weighted by Crippen LogP contribution is -2.42. The normalized spacial score (nSPS) is 21.1. The average molecular weight is 453 g/mol. The molecule has 33 heavy (non-hydrogen) atoms. The van der Waals surface area contributed by atoms with Crippen molar-refractivity contribution in [1.82, 2.24) is 14.7 Å². The Morgan fingerprint density at radius 2 is 1.73 bits per heavy atom. The third-order valence-electron chi connectivity index (χ3n) is 7.76. The number of aliphatic carboxylic acids is 1. The van der Waals surface area contributed by atoms with Crippen LogP contribution in [0.3, 0.4) is 0 Å². The lowest BCUT2D eigenvalue weighted by Gasteiger charge is -2.30. The van der Waals surface area contributed by atoms with Crippen LogP contribution in [0, 0.1) is 5.92 Å². The van der Waals surface area contributed by atoms with Gasteiger partial charge in [0.15, 0.2) is 5.65 Å². The van der Waals surface area contributed by atoms with Crippen LogP contribution < -0.4 is 10.6 Å². The minimum atomic E-state index is -0.861. The summed E-state index contributed by atoms with van der Waals surface area (Å²) in [5.41, 5.74) is 2.28. The number of carbonyl (C=O) groups is 2. The van der Waals surface area contributed by atoms with E-state index in [2.05, 4.69) is 10.6 Å². The molecule has 0 radical (unpaired) electrons. The molecule has 3 fully saturated rings. The van der Waals surface area contributed by atoms with Crippen LogP contribution in [0.4, 0.5) is 5.82 Å². The number of aromatic nitrogens is 2. The Balaban J connectivity index is 1.43. The molecular weight excluding hydrogens is 416 g/mol. The van der Waals surface area contributed by atoms with Gasteiger partial charge in [0.2, 0.25) is 0 Å². The highest BCUT2D eigenvalue weighted by atomic mass is 16.4. The molecule has 2 heterocycles. The van der Waals surface area contributed by atoms with E-state index in [0.717, 1.165) is 50.0 Å². The molecular formula is C26H36N4O3. The van der Waals surface area contributed by atoms with Crippen molar-refractivity contribution < 1.29 is 14.7 Å². The van der Waals surface area contributed by atoms with E-state index in [1.54, 1.807) is 0 Å². The number of carbonyl (C=O) groups excluding carboxylic acids is 1. The van der Waals surface area contributed by atoms with E-state index < -0.39 is 5.97 Å². The predicted molar refractivity (Wildman–Crippen MR) is 128 cm³/mol. The van der Waals surface area contributed by atoms with Crippen molar-refractivity contribution in [3.05, 3.63) is 29.6 Å². The number of hydrogen-bond acceptors (Lipinski definition) is 4. The molecule has 178 valence electrons. The molecule has 7 heteroatoms. The van der Waals surface area contributed by atoms with Crippen molar-refractivity contribution in [2.45, 2.75) is 101 Å². The maximum Gasteiger partial charge on any atom is 0.305 e. The number of fused-ring (bicyclic) bond motifs is 1. The van der Waals surface area contributed by atoms with Crippen molar-refractivity contribution >= 4 is 23.3 Å². The van der Waals surface area contributed by atoms with Gasteiger partial charge in [0.1, 0.15) is 5.82 Å². The fraction of sp³-hybridized carbons (Fsp3) is 0.654. The van der Waals surface area contributed by atoms with Crippen molar-refractivity contribution in [1.29, 1.82) is 0 Å². The van der Waals surface area contributed by atoms with Gasteiger partial charge in [0, 0.05) is 24.2 Å². The Kier molecular flexibility index (Phi) is 6.56. The van der Waals surface area contributed by atoms with E-state index in [9.17, 15) is 14.7 Å². The number of rotatable bonds is 8. The molecule has 0 aliphatic heterocycles. The maximum atomic E-state index is 13.4. The maximum absolute atomic E-state index is 13.4. The van der Waals surface area contributed by atoms with Gasteiger partial charge in [-0.1, -0.05) is 38.5 Å². The topological polar surface area (TPSA) is 95.7 Å². The third-order valence-corrected chi connectivity index (χ3v) is 7.76. The van der Waals surface area contributed by atoms with Gasteiger partial charge < -0.3 is 15.7 Å². The van der Waals surface area contributed by atoms with E-state index >= 15 is 0 Å². The highest BCUT2D eigenvalue weighted by molar-refractivity contribution is 6.00. The lowest BCUT2D eigenvalue weighted by molar-refractivity contribution is -0.137. The zero-order valence-electron chi connectivity index (χ0n) is 19.4. The van der Waals surface area contributed by atoms with Crippen molar-refractivity contribution in [3.63, 3.8) is 0 Å². The Hall–Kier alpha value is -2.57. The Morgan fingerprint density at radius 1 is 1.03 bits per heavy atom. The molecule has 7 nitrogen and oxygen atoms in total. The number of pyridine rings is 1. The molecule has 1 unspecified atom stereocenters. The van der Waals surface area contributed by atoms with Gasteiger partial charge in [0.05, 0.1) is 17.7 Å². The second-order valence-electron chi connectivity index (χ2n) is 10.3. The van der Waals surface area contributed by atoms with Crippen LogP contribution in [-0.2, 0) is 4.79 Å². The second-order valence-corrected chi connectivity index (χ2v) is 10.3. The minimum absolute atomic E-state index is 0.0320. The van der Waals surface area contributed by atoms with Crippen LogP contribution in [0.1, 0.15) is 105 Å². The van der Waals surface area contributed by atoms with E-state index in [4.69, 9.17) is 4.98 Å². The number of nitrogens with zero attached hydrogens (tertiary/aromatic N) is 2. The van der Waals surface area contributed by atoms with Crippen LogP contribution in [-0.4, -0.2) is 38.5 Å². The number of anilines is 1. The van der Waals surface area contributed by atoms with E-state index in [-0.39, 0.29) is 24.3 Å². The zero-order chi connectivity index (χ0) is 22.8. The first-order valence-electron chi connectivity index (χ1n) is 12.9. The fourth-order valence-electron chi connectivity index (χ4n) is 5.79. The first kappa shape index (κ1) is 22.2. The lowest BCUT2D eigenvalue weighted by atomic mass is 9.82. The standard InChI is InChI=1S/C26H36N4O3/c31-22(32)16-21(17-8-3-1-4-9-17)28-26(33)20-12-7-15-30-24(20)29-23(18-13-14-18)25(30)27-19-10-5-2-6-11-19/h7,12,15,17-19,21,27H,1-6,8-11,13-14,16H2,(H,28,33)(H,31,32). The van der Waals surface area contributed by atoms with Gasteiger partial charge in [-0.3, -0.25) is 14.0 Å². The molecule has 0 saturated heterocycles. The molecule has 3 saturated carbocycles. The Labute approximate surface area is 195 Å². The molecule has 1 atom stereocenters. The predicted octanol–water partition coefficient (Wildman–Crippen LogP) is 5.11. The third kappa shape index (κ3) is 5.02. The SMILES string of the molecule is O=C(O)CC(NC(=O)c1cccn2c(NC3CCCCC3)c(C3CC3)nc12)C1CCCCC1. The van der Waals surface area contributed by atoms with Crippen molar-refractivity contribution in [2.24, 2.45) is 5.92 Å². The molecule has 5 rings (SSSR count). The molecule has 3 aliphatic rings. The smallest absolute Gasteiger partial charge is 0.305 e. The van der Waals surface area contributed by atoms with Crippen LogP contribution in [0.2, 0.25) is 0 Å². The highest BCUT2D eigenvalue weighted by Gasteiger charge is 2.33. The summed E-state index contributed by atoms with van der Waals surface area (Å²) in [4.78, 5) is 29.9. The summed E-state index contributed by atoms with van der Waals surface area (Å²) in [5.74, 6) is 0.662. The molecule has 2 aromatic heterocycles. The van der Waals surface area contributed by atoms with Gasteiger partial charge in [-0.15, -0.1) is 0 Å². The monoisotopic (exact) mass is 452 g/mol. The number of carboxylic acids is 1. The Morgan fingerprint density at radius 3 is 2.39 bits per heavy atom. The van der Waals surface area contributed by atoms with Crippen LogP contribution in [0.5, 0.6) is 0 Å². The Bertz CT molecular complexity index is 1000. The first-order chi connectivity index (χ1) is 16.1. The van der Waals surface area contributed by atoms with E-state index in [0.29, 0.717) is 23.2 Å². The minimum Gasteiger partial charge on any atom is -0.481 e. The van der Waals surface area contributed by atoms with Crippen molar-refractivity contribution in [2.75, 3.05) is 5.32 Å².